The summed E-state index contributed by atoms with van der Waals surface area (Å²) in [5, 5.41) is 6.63. The smallest absolute Gasteiger partial charge is 0.262 e. The number of anilines is 1. The summed E-state index contributed by atoms with van der Waals surface area (Å²) in [6, 6.07) is 14.3. The molecular weight excluding hydrogens is 334 g/mol. The summed E-state index contributed by atoms with van der Waals surface area (Å²) in [7, 11) is 1.55. The summed E-state index contributed by atoms with van der Waals surface area (Å²) >= 11 is 0. The Morgan fingerprint density at radius 3 is 2.81 bits per heavy atom. The minimum atomic E-state index is -0.286. The molecule has 0 saturated heterocycles. The van der Waals surface area contributed by atoms with Crippen LogP contribution in [0.3, 0.4) is 0 Å². The minimum Gasteiger partial charge on any atom is -0.495 e. The van der Waals surface area contributed by atoms with E-state index in [1.54, 1.807) is 37.4 Å². The van der Waals surface area contributed by atoms with Crippen molar-refractivity contribution in [2.75, 3.05) is 19.0 Å². The maximum Gasteiger partial charge on any atom is 0.262 e. The third-order valence-electron chi connectivity index (χ3n) is 3.62. The van der Waals surface area contributed by atoms with Crippen molar-refractivity contribution in [3.05, 3.63) is 54.4 Å². The molecule has 3 rings (SSSR count). The van der Waals surface area contributed by atoms with Crippen molar-refractivity contribution >= 4 is 11.6 Å². The monoisotopic (exact) mass is 353 g/mol. The highest BCUT2D eigenvalue weighted by atomic mass is 16.5. The maximum absolute atomic E-state index is 12.1. The third kappa shape index (κ3) is 4.18. The van der Waals surface area contributed by atoms with E-state index >= 15 is 0 Å². The standard InChI is InChI=1S/C19H19N3O4/c1-3-17-21-19(26-22-17)13-7-6-8-14(11-13)25-12-18(23)20-15-9-4-5-10-16(15)24-2/h4-11H,3,12H2,1-2H3,(H,20,23). The van der Waals surface area contributed by atoms with E-state index < -0.39 is 0 Å². The second kappa shape index (κ2) is 8.15. The lowest BCUT2D eigenvalue weighted by atomic mass is 10.2. The van der Waals surface area contributed by atoms with Gasteiger partial charge in [0.05, 0.1) is 12.8 Å². The number of aromatic nitrogens is 2. The number of hydrogen-bond donors (Lipinski definition) is 1. The minimum absolute atomic E-state index is 0.133. The molecule has 1 N–H and O–H groups in total. The molecule has 7 nitrogen and oxygen atoms in total. The van der Waals surface area contributed by atoms with Crippen LogP contribution in [0.15, 0.2) is 53.1 Å². The lowest BCUT2D eigenvalue weighted by Crippen LogP contribution is -2.20. The van der Waals surface area contributed by atoms with Crippen LogP contribution in [0, 0.1) is 0 Å². The van der Waals surface area contributed by atoms with Crippen molar-refractivity contribution in [1.82, 2.24) is 10.1 Å². The molecule has 1 heterocycles. The van der Waals surface area contributed by atoms with E-state index in [4.69, 9.17) is 14.0 Å². The lowest BCUT2D eigenvalue weighted by molar-refractivity contribution is -0.118. The number of carbonyl (C=O) groups is 1. The van der Waals surface area contributed by atoms with Gasteiger partial charge in [0.25, 0.3) is 11.8 Å². The van der Waals surface area contributed by atoms with Gasteiger partial charge in [0, 0.05) is 12.0 Å². The fraction of sp³-hybridized carbons (Fsp3) is 0.211. The van der Waals surface area contributed by atoms with Gasteiger partial charge < -0.3 is 19.3 Å². The van der Waals surface area contributed by atoms with Gasteiger partial charge in [0.15, 0.2) is 12.4 Å². The van der Waals surface area contributed by atoms with Crippen LogP contribution in [0.5, 0.6) is 11.5 Å². The molecule has 0 aliphatic carbocycles. The second-order valence-corrected chi connectivity index (χ2v) is 5.43. The van der Waals surface area contributed by atoms with Crippen LogP contribution in [0.4, 0.5) is 5.69 Å². The predicted molar refractivity (Wildman–Crippen MR) is 96.2 cm³/mol. The van der Waals surface area contributed by atoms with Crippen molar-refractivity contribution in [3.8, 4) is 23.0 Å². The van der Waals surface area contributed by atoms with Crippen molar-refractivity contribution < 1.29 is 18.8 Å². The van der Waals surface area contributed by atoms with Crippen molar-refractivity contribution in [2.45, 2.75) is 13.3 Å². The summed E-state index contributed by atoms with van der Waals surface area (Å²) in [5.41, 5.74) is 1.33. The Kier molecular flexibility index (Phi) is 5.48. The molecule has 1 amide bonds. The summed E-state index contributed by atoms with van der Waals surface area (Å²) in [4.78, 5) is 16.4. The maximum atomic E-state index is 12.1. The van der Waals surface area contributed by atoms with Gasteiger partial charge >= 0.3 is 0 Å². The van der Waals surface area contributed by atoms with Crippen LogP contribution in [-0.4, -0.2) is 29.8 Å². The van der Waals surface area contributed by atoms with E-state index in [1.807, 2.05) is 25.1 Å². The third-order valence-corrected chi connectivity index (χ3v) is 3.62. The highest BCUT2D eigenvalue weighted by Crippen LogP contribution is 2.24. The topological polar surface area (TPSA) is 86.5 Å². The van der Waals surface area contributed by atoms with Gasteiger partial charge in [-0.2, -0.15) is 4.98 Å². The summed E-state index contributed by atoms with van der Waals surface area (Å²) in [5.74, 6) is 1.90. The molecular formula is C19H19N3O4. The molecule has 0 fully saturated rings. The van der Waals surface area contributed by atoms with E-state index in [9.17, 15) is 4.79 Å². The molecule has 3 aromatic rings. The number of rotatable bonds is 7. The average molecular weight is 353 g/mol. The van der Waals surface area contributed by atoms with E-state index in [0.29, 0.717) is 35.3 Å². The van der Waals surface area contributed by atoms with E-state index in [2.05, 4.69) is 15.5 Å². The molecule has 0 aliphatic heterocycles. The number of ether oxygens (including phenoxy) is 2. The number of hydrogen-bond acceptors (Lipinski definition) is 6. The van der Waals surface area contributed by atoms with Gasteiger partial charge in [0.2, 0.25) is 0 Å². The number of nitrogens with zero attached hydrogens (tertiary/aromatic N) is 2. The molecule has 7 heteroatoms. The largest absolute Gasteiger partial charge is 0.495 e. The van der Waals surface area contributed by atoms with Gasteiger partial charge in [-0.3, -0.25) is 4.79 Å². The molecule has 1 aromatic heterocycles. The Morgan fingerprint density at radius 1 is 1.19 bits per heavy atom. The average Bonchev–Trinajstić information content (AvgIpc) is 3.16. The Morgan fingerprint density at radius 2 is 2.04 bits per heavy atom. The quantitative estimate of drug-likeness (QED) is 0.701. The Balaban J connectivity index is 1.62. The summed E-state index contributed by atoms with van der Waals surface area (Å²) in [6.45, 7) is 1.82. The Hall–Kier alpha value is -3.35. The molecule has 26 heavy (non-hydrogen) atoms. The molecule has 0 spiro atoms. The fourth-order valence-electron chi connectivity index (χ4n) is 2.32. The number of methoxy groups -OCH3 is 1. The van der Waals surface area contributed by atoms with Crippen molar-refractivity contribution in [3.63, 3.8) is 0 Å². The van der Waals surface area contributed by atoms with Gasteiger partial charge in [-0.15, -0.1) is 0 Å². The van der Waals surface area contributed by atoms with Gasteiger partial charge in [-0.05, 0) is 30.3 Å². The van der Waals surface area contributed by atoms with Gasteiger partial charge in [-0.1, -0.05) is 30.3 Å². The first-order valence-electron chi connectivity index (χ1n) is 8.18. The molecule has 0 saturated carbocycles. The van der Waals surface area contributed by atoms with E-state index in [0.717, 1.165) is 5.56 Å². The first-order chi connectivity index (χ1) is 12.7. The zero-order chi connectivity index (χ0) is 18.4. The van der Waals surface area contributed by atoms with Gasteiger partial charge in [-0.25, -0.2) is 0 Å². The highest BCUT2D eigenvalue weighted by Gasteiger charge is 2.10. The van der Waals surface area contributed by atoms with Crippen LogP contribution in [-0.2, 0) is 11.2 Å². The predicted octanol–water partition coefficient (Wildman–Crippen LogP) is 3.33. The number of amides is 1. The fourth-order valence-corrected chi connectivity index (χ4v) is 2.32. The van der Waals surface area contributed by atoms with Gasteiger partial charge in [0.1, 0.15) is 11.5 Å². The van der Waals surface area contributed by atoms with Crippen LogP contribution in [0.1, 0.15) is 12.7 Å². The van der Waals surface area contributed by atoms with Crippen LogP contribution < -0.4 is 14.8 Å². The number of aryl methyl sites for hydroxylation is 1. The SMILES string of the molecule is CCc1noc(-c2cccc(OCC(=O)Nc3ccccc3OC)c2)n1. The second-order valence-electron chi connectivity index (χ2n) is 5.43. The van der Waals surface area contributed by atoms with Crippen LogP contribution in [0.25, 0.3) is 11.5 Å². The van der Waals surface area contributed by atoms with E-state index in [1.165, 1.54) is 0 Å². The molecule has 0 unspecified atom stereocenters. The number of carbonyl (C=O) groups excluding carboxylic acids is 1. The molecule has 0 aliphatic rings. The molecule has 0 atom stereocenters. The Bertz CT molecular complexity index is 892. The normalized spacial score (nSPS) is 10.4. The van der Waals surface area contributed by atoms with Crippen LogP contribution in [0.2, 0.25) is 0 Å². The molecule has 2 aromatic carbocycles. The number of para-hydroxylation sites is 2. The molecule has 0 bridgehead atoms. The zero-order valence-electron chi connectivity index (χ0n) is 14.6. The van der Waals surface area contributed by atoms with E-state index in [-0.39, 0.29) is 12.5 Å². The summed E-state index contributed by atoms with van der Waals surface area (Å²) < 4.78 is 16.0. The molecule has 0 radical (unpaired) electrons. The highest BCUT2D eigenvalue weighted by molar-refractivity contribution is 5.93. The lowest BCUT2D eigenvalue weighted by Gasteiger charge is -2.10. The molecule has 134 valence electrons. The van der Waals surface area contributed by atoms with Crippen molar-refractivity contribution in [2.24, 2.45) is 0 Å². The summed E-state index contributed by atoms with van der Waals surface area (Å²) in [6.07, 6.45) is 0.697. The first-order valence-corrected chi connectivity index (χ1v) is 8.18. The number of nitrogens with one attached hydrogen (secondary N) is 1. The number of benzene rings is 2. The van der Waals surface area contributed by atoms with Crippen molar-refractivity contribution in [1.29, 1.82) is 0 Å². The zero-order valence-corrected chi connectivity index (χ0v) is 14.6. The first kappa shape index (κ1) is 17.5. The Labute approximate surface area is 150 Å². The van der Waals surface area contributed by atoms with Crippen LogP contribution >= 0.6 is 0 Å².